The van der Waals surface area contributed by atoms with Crippen LogP contribution < -0.4 is 0 Å². The Morgan fingerprint density at radius 2 is 1.00 bits per heavy atom. The molecule has 0 aliphatic heterocycles. The molecule has 0 aliphatic rings. The Hall–Kier alpha value is 3.04. The van der Waals surface area contributed by atoms with Gasteiger partial charge in [0.25, 0.3) is 0 Å². The summed E-state index contributed by atoms with van der Waals surface area (Å²) < 4.78 is 0. The van der Waals surface area contributed by atoms with Crippen LogP contribution in [0.4, 0.5) is 0 Å². The Labute approximate surface area is 91.4 Å². The summed E-state index contributed by atoms with van der Waals surface area (Å²) in [5.74, 6) is 0. The van der Waals surface area contributed by atoms with Crippen LogP contribution in [0.3, 0.4) is 0 Å². The van der Waals surface area contributed by atoms with Crippen LogP contribution in [-0.4, -0.2) is 17.4 Å². The third kappa shape index (κ3) is 8.90. The van der Waals surface area contributed by atoms with Gasteiger partial charge >= 0.3 is 0 Å². The first-order valence-electron chi connectivity index (χ1n) is 0. The summed E-state index contributed by atoms with van der Waals surface area (Å²) in [5.41, 5.74) is 0. The molecule has 0 bridgehead atoms. The van der Waals surface area contributed by atoms with Crippen molar-refractivity contribution in [2.24, 2.45) is 0 Å². The van der Waals surface area contributed by atoms with Gasteiger partial charge in [0.1, 0.15) is 0 Å². The van der Waals surface area contributed by atoms with Crippen molar-refractivity contribution in [3.05, 3.63) is 0 Å². The Balaban J connectivity index is 0. The molecule has 4 heavy (non-hydrogen) atoms. The van der Waals surface area contributed by atoms with Gasteiger partial charge in [0.2, 0.25) is 0 Å². The topological polar surface area (TPSA) is 0 Å². The molecule has 0 aromatic carbocycles. The molecule has 0 aliphatic carbocycles. The molecule has 0 spiro atoms. The van der Waals surface area contributed by atoms with Crippen molar-refractivity contribution >= 4 is 17.4 Å². The first-order chi connectivity index (χ1) is 0. The zero-order valence-corrected chi connectivity index (χ0v) is 9.19. The van der Waals surface area contributed by atoms with Crippen molar-refractivity contribution in [3.8, 4) is 0 Å². The Bertz CT molecular complexity index is 8.00. The summed E-state index contributed by atoms with van der Waals surface area (Å²) in [5, 5.41) is 0. The Morgan fingerprint density at radius 1 is 1.00 bits per heavy atom. The molecule has 0 atom stereocenters. The van der Waals surface area contributed by atoms with E-state index in [1.54, 1.807) is 0 Å². The fourth-order valence-electron chi connectivity index (χ4n) is 0. The molecule has 0 N–H and O–H groups in total. The molecular weight excluding hydrogens is 346 g/mol. The van der Waals surface area contributed by atoms with Crippen molar-refractivity contribution in [2.75, 3.05) is 0 Å². The summed E-state index contributed by atoms with van der Waals surface area (Å²) in [4.78, 5) is 0. The molecule has 0 saturated heterocycles. The first-order valence-corrected chi connectivity index (χ1v) is 0. The quantitative estimate of drug-likeness (QED) is 0.483. The average molecular weight is 349 g/mol. The molecule has 0 fully saturated rings. The van der Waals surface area contributed by atoms with Gasteiger partial charge in [-0.1, -0.05) is 0 Å². The van der Waals surface area contributed by atoms with Crippen molar-refractivity contribution in [3.63, 3.8) is 0 Å². The fourth-order valence-corrected chi connectivity index (χ4v) is 0. The summed E-state index contributed by atoms with van der Waals surface area (Å²) in [6.45, 7) is 0. The molecule has 1 radical (unpaired) electrons. The van der Waals surface area contributed by atoms with Crippen molar-refractivity contribution < 1.29 is 75.9 Å². The molecular formula is H3AlCrHfY. The minimum atomic E-state index is 0. The fraction of sp³-hybridized carbons (Fsp3) is 0. The van der Waals surface area contributed by atoms with E-state index >= 15 is 0 Å². The second-order valence-corrected chi connectivity index (χ2v) is 0. The first kappa shape index (κ1) is 27.8. The van der Waals surface area contributed by atoms with Crippen LogP contribution in [0.25, 0.3) is 0 Å². The van der Waals surface area contributed by atoms with Gasteiger partial charge in [-0.3, -0.25) is 0 Å². The zero-order chi connectivity index (χ0) is 0. The molecule has 0 nitrogen and oxygen atoms in total. The molecule has 0 aromatic rings. The van der Waals surface area contributed by atoms with E-state index in [0.717, 1.165) is 0 Å². The van der Waals surface area contributed by atoms with Gasteiger partial charge in [0, 0.05) is 75.9 Å². The van der Waals surface area contributed by atoms with Crippen LogP contribution >= 0.6 is 0 Å². The van der Waals surface area contributed by atoms with Crippen LogP contribution in [0.15, 0.2) is 0 Å². The molecule has 0 amide bonds. The zero-order valence-electron chi connectivity index (χ0n) is 1.49. The van der Waals surface area contributed by atoms with Crippen molar-refractivity contribution in [1.82, 2.24) is 0 Å². The molecule has 19 valence electrons. The predicted molar refractivity (Wildman–Crippen MR) is 9.94 cm³/mol. The van der Waals surface area contributed by atoms with Gasteiger partial charge < -0.3 is 0 Å². The third-order valence-electron chi connectivity index (χ3n) is 0. The van der Waals surface area contributed by atoms with Gasteiger partial charge in [-0.2, -0.15) is 0 Å². The maximum absolute atomic E-state index is 0. The molecule has 0 rings (SSSR count). The summed E-state index contributed by atoms with van der Waals surface area (Å²) in [6.07, 6.45) is 0. The Kier molecular flexibility index (Phi) is 115. The van der Waals surface area contributed by atoms with Crippen LogP contribution in [0.2, 0.25) is 0 Å². The van der Waals surface area contributed by atoms with Gasteiger partial charge in [0.05, 0.1) is 0 Å². The van der Waals surface area contributed by atoms with Crippen LogP contribution in [0, 0.1) is 0 Å². The van der Waals surface area contributed by atoms with E-state index in [1.807, 2.05) is 0 Å². The van der Waals surface area contributed by atoms with Gasteiger partial charge in [-0.25, -0.2) is 0 Å². The molecule has 0 heterocycles. The summed E-state index contributed by atoms with van der Waals surface area (Å²) in [7, 11) is 0. The van der Waals surface area contributed by atoms with E-state index < -0.39 is 0 Å². The van der Waals surface area contributed by atoms with E-state index in [2.05, 4.69) is 0 Å². The minimum absolute atomic E-state index is 0. The largest absolute Gasteiger partial charge is 0.187 e. The SMILES string of the molecule is [AlH3].[Cr].[Hf].[Y]. The molecule has 4 heteroatoms. The number of rotatable bonds is 0. The third-order valence-corrected chi connectivity index (χ3v) is 0. The van der Waals surface area contributed by atoms with E-state index in [4.69, 9.17) is 0 Å². The average Bonchev–Trinajstić information content (AvgIpc) is 0. The maximum Gasteiger partial charge on any atom is 0.187 e. The smallest absolute Gasteiger partial charge is 0 e. The number of hydrogen-bond acceptors (Lipinski definition) is 0. The van der Waals surface area contributed by atoms with Gasteiger partial charge in [-0.15, -0.1) is 0 Å². The van der Waals surface area contributed by atoms with Crippen LogP contribution in [0.5, 0.6) is 0 Å². The van der Waals surface area contributed by atoms with Gasteiger partial charge in [0.15, 0.2) is 17.4 Å². The van der Waals surface area contributed by atoms with Crippen LogP contribution in [0.1, 0.15) is 0 Å². The van der Waals surface area contributed by atoms with E-state index in [1.165, 1.54) is 0 Å². The molecule has 0 aromatic heterocycles. The molecule has 0 saturated carbocycles. The maximum atomic E-state index is 0. The second-order valence-electron chi connectivity index (χ2n) is 0. The van der Waals surface area contributed by atoms with E-state index in [9.17, 15) is 0 Å². The standard InChI is InChI=1S/Al.Cr.Hf.Y.3H. The normalized spacial score (nSPS) is 0. The number of hydrogen-bond donors (Lipinski definition) is 0. The molecule has 0 unspecified atom stereocenters. The Morgan fingerprint density at radius 3 is 1.00 bits per heavy atom. The summed E-state index contributed by atoms with van der Waals surface area (Å²) in [6, 6.07) is 0. The minimum Gasteiger partial charge on any atom is 0 e. The van der Waals surface area contributed by atoms with Crippen molar-refractivity contribution in [1.29, 1.82) is 0 Å². The van der Waals surface area contributed by atoms with Crippen LogP contribution in [-0.2, 0) is 75.9 Å². The van der Waals surface area contributed by atoms with Crippen molar-refractivity contribution in [2.45, 2.75) is 0 Å². The van der Waals surface area contributed by atoms with E-state index in [0.29, 0.717) is 0 Å². The summed E-state index contributed by atoms with van der Waals surface area (Å²) >= 11 is 0. The predicted octanol–water partition coefficient (Wildman–Crippen LogP) is -1.19. The van der Waals surface area contributed by atoms with Gasteiger partial charge in [-0.05, 0) is 0 Å². The van der Waals surface area contributed by atoms with E-state index in [-0.39, 0.29) is 93.3 Å². The second kappa shape index (κ2) is 16.6. The monoisotopic (exact) mass is 351 g/mol.